The first-order valence-corrected chi connectivity index (χ1v) is 10.4. The molecule has 3 atom stereocenters. The molecule has 3 rings (SSSR count). The number of rotatable bonds is 5. The van der Waals surface area contributed by atoms with Gasteiger partial charge >= 0.3 is 0 Å². The minimum Gasteiger partial charge on any atom is -0.352 e. The first-order chi connectivity index (χ1) is 12.5. The Morgan fingerprint density at radius 2 is 2.00 bits per heavy atom. The number of hydrogen-bond donors (Lipinski definition) is 1. The summed E-state index contributed by atoms with van der Waals surface area (Å²) in [5, 5.41) is 13.1. The summed E-state index contributed by atoms with van der Waals surface area (Å²) in [5.74, 6) is 2.38. The predicted molar refractivity (Wildman–Crippen MR) is 106 cm³/mol. The van der Waals surface area contributed by atoms with Crippen LogP contribution in [0.4, 0.5) is 0 Å². The van der Waals surface area contributed by atoms with Crippen molar-refractivity contribution in [3.05, 3.63) is 29.3 Å². The van der Waals surface area contributed by atoms with Crippen molar-refractivity contribution in [2.75, 3.05) is 5.75 Å². The molecule has 1 amide bonds. The summed E-state index contributed by atoms with van der Waals surface area (Å²) in [7, 11) is 1.91. The Morgan fingerprint density at radius 3 is 2.73 bits per heavy atom. The smallest absolute Gasteiger partial charge is 0.230 e. The number of nitrogens with one attached hydrogen (secondary N) is 1. The number of nitrogens with zero attached hydrogens (tertiary/aromatic N) is 3. The van der Waals surface area contributed by atoms with E-state index in [1.54, 1.807) is 0 Å². The molecule has 0 radical (unpaired) electrons. The van der Waals surface area contributed by atoms with Crippen LogP contribution in [0.25, 0.3) is 11.4 Å². The number of carbonyl (C=O) groups excluding carboxylic acids is 1. The topological polar surface area (TPSA) is 59.8 Å². The molecule has 0 bridgehead atoms. The van der Waals surface area contributed by atoms with Crippen molar-refractivity contribution in [1.82, 2.24) is 20.1 Å². The van der Waals surface area contributed by atoms with Crippen LogP contribution in [0, 0.1) is 11.8 Å². The molecule has 1 heterocycles. The second-order valence-electron chi connectivity index (χ2n) is 7.10. The second kappa shape index (κ2) is 8.44. The van der Waals surface area contributed by atoms with Gasteiger partial charge in [0.1, 0.15) is 0 Å². The third-order valence-corrected chi connectivity index (χ3v) is 6.60. The summed E-state index contributed by atoms with van der Waals surface area (Å²) in [6, 6.07) is 7.78. The van der Waals surface area contributed by atoms with Crippen LogP contribution in [0.15, 0.2) is 29.4 Å². The monoisotopic (exact) mass is 392 g/mol. The average molecular weight is 393 g/mol. The maximum atomic E-state index is 12.4. The van der Waals surface area contributed by atoms with E-state index in [9.17, 15) is 4.79 Å². The van der Waals surface area contributed by atoms with Crippen LogP contribution in [0.1, 0.15) is 33.1 Å². The standard InChI is InChI=1S/C19H25ClN4OS/c1-12-5-4-6-16(13(12)2)21-17(25)11-26-19-23-22-18(24(19)3)14-7-9-15(20)10-8-14/h7-10,12-13,16H,4-6,11H2,1-3H3,(H,21,25)/t12-,13+,16+/m0/s1. The third kappa shape index (κ3) is 4.41. The van der Waals surface area contributed by atoms with Gasteiger partial charge in [-0.1, -0.05) is 50.1 Å². The Labute approximate surface area is 163 Å². The molecule has 5 nitrogen and oxygen atoms in total. The third-order valence-electron chi connectivity index (χ3n) is 5.32. The van der Waals surface area contributed by atoms with Gasteiger partial charge in [-0.2, -0.15) is 0 Å². The minimum absolute atomic E-state index is 0.0667. The van der Waals surface area contributed by atoms with Crippen LogP contribution in [-0.2, 0) is 11.8 Å². The lowest BCUT2D eigenvalue weighted by atomic mass is 9.78. The lowest BCUT2D eigenvalue weighted by molar-refractivity contribution is -0.120. The second-order valence-corrected chi connectivity index (χ2v) is 8.48. The van der Waals surface area contributed by atoms with E-state index in [0.717, 1.165) is 23.0 Å². The SMILES string of the molecule is C[C@@H]1[C@@H](C)CCC[C@H]1NC(=O)CSc1nnc(-c2ccc(Cl)cc2)n1C. The van der Waals surface area contributed by atoms with Crippen molar-refractivity contribution < 1.29 is 4.79 Å². The molecular weight excluding hydrogens is 368 g/mol. The van der Waals surface area contributed by atoms with E-state index in [1.165, 1.54) is 24.6 Å². The quantitative estimate of drug-likeness (QED) is 0.776. The summed E-state index contributed by atoms with van der Waals surface area (Å²) in [5.41, 5.74) is 0.950. The van der Waals surface area contributed by atoms with Gasteiger partial charge in [0, 0.05) is 23.7 Å². The van der Waals surface area contributed by atoms with E-state index in [1.807, 2.05) is 35.9 Å². The molecule has 0 saturated heterocycles. The molecular formula is C19H25ClN4OS. The Morgan fingerprint density at radius 1 is 1.27 bits per heavy atom. The van der Waals surface area contributed by atoms with Crippen LogP contribution in [0.2, 0.25) is 5.02 Å². The number of carbonyl (C=O) groups is 1. The van der Waals surface area contributed by atoms with Crippen molar-refractivity contribution in [3.63, 3.8) is 0 Å². The van der Waals surface area contributed by atoms with Crippen LogP contribution in [0.5, 0.6) is 0 Å². The summed E-state index contributed by atoms with van der Waals surface area (Å²) in [6.07, 6.45) is 3.53. The predicted octanol–water partition coefficient (Wildman–Crippen LogP) is 4.17. The fourth-order valence-electron chi connectivity index (χ4n) is 3.46. The van der Waals surface area contributed by atoms with Crippen molar-refractivity contribution in [2.45, 2.75) is 44.3 Å². The van der Waals surface area contributed by atoms with E-state index in [2.05, 4.69) is 29.4 Å². The minimum atomic E-state index is 0.0667. The van der Waals surface area contributed by atoms with Gasteiger partial charge in [-0.3, -0.25) is 4.79 Å². The number of benzene rings is 1. The molecule has 1 aliphatic rings. The van der Waals surface area contributed by atoms with Crippen LogP contribution in [-0.4, -0.2) is 32.5 Å². The molecule has 1 fully saturated rings. The van der Waals surface area contributed by atoms with Gasteiger partial charge in [-0.05, 0) is 42.5 Å². The van der Waals surface area contributed by atoms with E-state index in [0.29, 0.717) is 22.6 Å². The molecule has 1 aromatic carbocycles. The number of aromatic nitrogens is 3. The van der Waals surface area contributed by atoms with Crippen LogP contribution >= 0.6 is 23.4 Å². The number of halogens is 1. The van der Waals surface area contributed by atoms with Crippen LogP contribution in [0.3, 0.4) is 0 Å². The Kier molecular flexibility index (Phi) is 6.24. The largest absolute Gasteiger partial charge is 0.352 e. The molecule has 0 aliphatic heterocycles. The lowest BCUT2D eigenvalue weighted by Gasteiger charge is -2.34. The van der Waals surface area contributed by atoms with Crippen molar-refractivity contribution in [1.29, 1.82) is 0 Å². The average Bonchev–Trinajstić information content (AvgIpc) is 2.99. The summed E-state index contributed by atoms with van der Waals surface area (Å²) in [4.78, 5) is 12.4. The lowest BCUT2D eigenvalue weighted by Crippen LogP contribution is -2.44. The number of thioether (sulfide) groups is 1. The summed E-state index contributed by atoms with van der Waals surface area (Å²) in [6.45, 7) is 4.51. The van der Waals surface area contributed by atoms with Gasteiger partial charge < -0.3 is 9.88 Å². The highest BCUT2D eigenvalue weighted by atomic mass is 35.5. The van der Waals surface area contributed by atoms with Gasteiger partial charge in [0.15, 0.2) is 11.0 Å². The molecule has 26 heavy (non-hydrogen) atoms. The fourth-order valence-corrected chi connectivity index (χ4v) is 4.30. The highest BCUT2D eigenvalue weighted by molar-refractivity contribution is 7.99. The van der Waals surface area contributed by atoms with Gasteiger partial charge in [-0.15, -0.1) is 10.2 Å². The maximum absolute atomic E-state index is 12.4. The number of amides is 1. The first kappa shape index (κ1) is 19.2. The van der Waals surface area contributed by atoms with Crippen molar-refractivity contribution in [2.24, 2.45) is 18.9 Å². The molecule has 0 spiro atoms. The zero-order chi connectivity index (χ0) is 18.7. The molecule has 7 heteroatoms. The highest BCUT2D eigenvalue weighted by Crippen LogP contribution is 2.30. The first-order valence-electron chi connectivity index (χ1n) is 9.03. The molecule has 1 aliphatic carbocycles. The van der Waals surface area contributed by atoms with Gasteiger partial charge in [0.05, 0.1) is 5.75 Å². The van der Waals surface area contributed by atoms with Crippen molar-refractivity contribution in [3.8, 4) is 11.4 Å². The fraction of sp³-hybridized carbons (Fsp3) is 0.526. The van der Waals surface area contributed by atoms with E-state index >= 15 is 0 Å². The molecule has 1 aromatic heterocycles. The van der Waals surface area contributed by atoms with Gasteiger partial charge in [0.25, 0.3) is 0 Å². The highest BCUT2D eigenvalue weighted by Gasteiger charge is 2.28. The van der Waals surface area contributed by atoms with E-state index < -0.39 is 0 Å². The molecule has 140 valence electrons. The van der Waals surface area contributed by atoms with E-state index in [4.69, 9.17) is 11.6 Å². The van der Waals surface area contributed by atoms with E-state index in [-0.39, 0.29) is 11.9 Å². The normalized spacial score (nSPS) is 23.0. The molecule has 2 aromatic rings. The Balaban J connectivity index is 1.58. The zero-order valence-corrected chi connectivity index (χ0v) is 17.0. The number of hydrogen-bond acceptors (Lipinski definition) is 4. The zero-order valence-electron chi connectivity index (χ0n) is 15.4. The Bertz CT molecular complexity index is 761. The summed E-state index contributed by atoms with van der Waals surface area (Å²) >= 11 is 7.35. The van der Waals surface area contributed by atoms with Crippen LogP contribution < -0.4 is 5.32 Å². The maximum Gasteiger partial charge on any atom is 0.230 e. The molecule has 0 unspecified atom stereocenters. The van der Waals surface area contributed by atoms with Gasteiger partial charge in [-0.25, -0.2) is 0 Å². The Hall–Kier alpha value is -1.53. The molecule has 1 N–H and O–H groups in total. The molecule has 1 saturated carbocycles. The summed E-state index contributed by atoms with van der Waals surface area (Å²) < 4.78 is 1.91. The van der Waals surface area contributed by atoms with Gasteiger partial charge in [0.2, 0.25) is 5.91 Å². The van der Waals surface area contributed by atoms with Crippen molar-refractivity contribution >= 4 is 29.3 Å².